The van der Waals surface area contributed by atoms with Gasteiger partial charge in [-0.3, -0.25) is 0 Å². The molecule has 1 heterocycles. The lowest BCUT2D eigenvalue weighted by Crippen LogP contribution is -2.35. The Kier molecular flexibility index (Phi) is 4.50. The van der Waals surface area contributed by atoms with Gasteiger partial charge < -0.3 is 0 Å². The van der Waals surface area contributed by atoms with Crippen molar-refractivity contribution in [1.82, 2.24) is 4.31 Å². The number of sulfonamides is 1. The molecule has 4 rings (SSSR count). The molecule has 5 heteroatoms. The lowest BCUT2D eigenvalue weighted by atomic mass is 9.92. The van der Waals surface area contributed by atoms with Gasteiger partial charge in [-0.1, -0.05) is 12.1 Å². The minimum Gasteiger partial charge on any atom is -0.207 e. The highest BCUT2D eigenvalue weighted by atomic mass is 32.2. The van der Waals surface area contributed by atoms with Gasteiger partial charge in [0.2, 0.25) is 10.0 Å². The third-order valence-corrected chi connectivity index (χ3v) is 7.92. The van der Waals surface area contributed by atoms with Crippen molar-refractivity contribution < 1.29 is 8.42 Å². The van der Waals surface area contributed by atoms with E-state index in [4.69, 9.17) is 0 Å². The zero-order valence-electron chi connectivity index (χ0n) is 13.8. The Hall–Kier alpha value is -1.17. The van der Waals surface area contributed by atoms with E-state index < -0.39 is 10.0 Å². The van der Waals surface area contributed by atoms with Crippen molar-refractivity contribution in [2.75, 3.05) is 6.54 Å². The summed E-state index contributed by atoms with van der Waals surface area (Å²) in [6.07, 6.45) is 7.27. The van der Waals surface area contributed by atoms with Gasteiger partial charge in [0.05, 0.1) is 4.90 Å². The number of benzene rings is 1. The van der Waals surface area contributed by atoms with Gasteiger partial charge in [0.1, 0.15) is 0 Å². The lowest BCUT2D eigenvalue weighted by molar-refractivity contribution is 0.408. The third-order valence-electron chi connectivity index (χ3n) is 5.04. The van der Waals surface area contributed by atoms with E-state index in [1.165, 1.54) is 28.8 Å². The van der Waals surface area contributed by atoms with Gasteiger partial charge in [0, 0.05) is 17.5 Å². The Morgan fingerprint density at radius 1 is 1.08 bits per heavy atom. The zero-order chi connectivity index (χ0) is 16.6. The van der Waals surface area contributed by atoms with Crippen LogP contribution in [0, 0.1) is 0 Å². The van der Waals surface area contributed by atoms with Crippen molar-refractivity contribution in [3.63, 3.8) is 0 Å². The number of nitrogens with zero attached hydrogens (tertiary/aromatic N) is 1. The molecule has 128 valence electrons. The van der Waals surface area contributed by atoms with Crippen LogP contribution in [0.3, 0.4) is 0 Å². The summed E-state index contributed by atoms with van der Waals surface area (Å²) in [5.74, 6) is 0. The molecule has 0 saturated heterocycles. The van der Waals surface area contributed by atoms with E-state index in [0.29, 0.717) is 11.4 Å². The van der Waals surface area contributed by atoms with Crippen LogP contribution < -0.4 is 0 Å². The highest BCUT2D eigenvalue weighted by Crippen LogP contribution is 2.33. The van der Waals surface area contributed by atoms with Crippen LogP contribution in [0.1, 0.15) is 41.7 Å². The Balaban J connectivity index is 1.59. The maximum Gasteiger partial charge on any atom is 0.243 e. The minimum absolute atomic E-state index is 0.200. The molecule has 0 aliphatic heterocycles. The lowest BCUT2D eigenvalue weighted by Gasteiger charge is -2.23. The van der Waals surface area contributed by atoms with Crippen LogP contribution in [0.15, 0.2) is 40.6 Å². The maximum absolute atomic E-state index is 13.2. The highest BCUT2D eigenvalue weighted by molar-refractivity contribution is 7.89. The first-order valence-electron chi connectivity index (χ1n) is 8.80. The van der Waals surface area contributed by atoms with Crippen LogP contribution in [0.25, 0.3) is 0 Å². The monoisotopic (exact) mass is 361 g/mol. The molecule has 0 atom stereocenters. The maximum atomic E-state index is 13.2. The molecular formula is C19H23NO2S2. The molecular weight excluding hydrogens is 338 g/mol. The first kappa shape index (κ1) is 16.3. The fourth-order valence-corrected chi connectivity index (χ4v) is 5.98. The van der Waals surface area contributed by atoms with Crippen molar-refractivity contribution in [3.8, 4) is 0 Å². The molecule has 0 N–H and O–H groups in total. The average Bonchev–Trinajstić information content (AvgIpc) is 3.29. The highest BCUT2D eigenvalue weighted by Gasteiger charge is 2.38. The Morgan fingerprint density at radius 3 is 2.58 bits per heavy atom. The van der Waals surface area contributed by atoms with Gasteiger partial charge in [-0.15, -0.1) is 11.3 Å². The van der Waals surface area contributed by atoms with Crippen LogP contribution in [-0.4, -0.2) is 25.3 Å². The molecule has 0 bridgehead atoms. The van der Waals surface area contributed by atoms with Crippen molar-refractivity contribution in [2.45, 2.75) is 55.9 Å². The predicted molar refractivity (Wildman–Crippen MR) is 98.0 cm³/mol. The van der Waals surface area contributed by atoms with Crippen LogP contribution in [0.5, 0.6) is 0 Å². The van der Waals surface area contributed by atoms with Crippen LogP contribution >= 0.6 is 11.3 Å². The van der Waals surface area contributed by atoms with Gasteiger partial charge in [0.25, 0.3) is 0 Å². The SMILES string of the molecule is O=S(=O)(c1ccc2c(c1)CCCC2)N(CCc1cccs1)C1CC1. The molecule has 0 unspecified atom stereocenters. The Labute approximate surface area is 148 Å². The summed E-state index contributed by atoms with van der Waals surface area (Å²) in [4.78, 5) is 1.74. The first-order chi connectivity index (χ1) is 11.6. The quantitative estimate of drug-likeness (QED) is 0.779. The van der Waals surface area contributed by atoms with Gasteiger partial charge in [-0.2, -0.15) is 4.31 Å². The Morgan fingerprint density at radius 2 is 1.88 bits per heavy atom. The molecule has 0 spiro atoms. The minimum atomic E-state index is -3.39. The summed E-state index contributed by atoms with van der Waals surface area (Å²) in [7, 11) is -3.39. The van der Waals surface area contributed by atoms with Gasteiger partial charge in [-0.05, 0) is 79.7 Å². The topological polar surface area (TPSA) is 37.4 Å². The molecule has 1 aromatic carbocycles. The normalized spacial score (nSPS) is 17.9. The van der Waals surface area contributed by atoms with E-state index in [-0.39, 0.29) is 6.04 Å². The first-order valence-corrected chi connectivity index (χ1v) is 11.1. The van der Waals surface area contributed by atoms with Crippen molar-refractivity contribution in [3.05, 3.63) is 51.7 Å². The Bertz CT molecular complexity index is 808. The van der Waals surface area contributed by atoms with Crippen LogP contribution in [-0.2, 0) is 29.3 Å². The summed E-state index contributed by atoms with van der Waals surface area (Å²) in [5.41, 5.74) is 2.56. The molecule has 0 amide bonds. The summed E-state index contributed by atoms with van der Waals surface area (Å²) in [6, 6.07) is 10.1. The van der Waals surface area contributed by atoms with Gasteiger partial charge in [0.15, 0.2) is 0 Å². The second-order valence-electron chi connectivity index (χ2n) is 6.81. The summed E-state index contributed by atoms with van der Waals surface area (Å²) in [6.45, 7) is 0.588. The standard InChI is InChI=1S/C19H23NO2S2/c21-24(22,19-10-7-15-4-1-2-5-16(15)14-19)20(17-8-9-17)12-11-18-6-3-13-23-18/h3,6-7,10,13-14,17H,1-2,4-5,8-9,11-12H2. The number of fused-ring (bicyclic) bond motifs is 1. The van der Waals surface area contributed by atoms with E-state index in [1.807, 2.05) is 24.3 Å². The molecule has 1 aromatic heterocycles. The molecule has 2 aromatic rings. The van der Waals surface area contributed by atoms with E-state index in [2.05, 4.69) is 11.4 Å². The smallest absolute Gasteiger partial charge is 0.207 e. The van der Waals surface area contributed by atoms with E-state index >= 15 is 0 Å². The largest absolute Gasteiger partial charge is 0.243 e. The van der Waals surface area contributed by atoms with E-state index in [0.717, 1.165) is 32.1 Å². The van der Waals surface area contributed by atoms with Gasteiger partial charge >= 0.3 is 0 Å². The molecule has 2 aliphatic carbocycles. The fraction of sp³-hybridized carbons (Fsp3) is 0.474. The van der Waals surface area contributed by atoms with Crippen molar-refractivity contribution >= 4 is 21.4 Å². The predicted octanol–water partition coefficient (Wildman–Crippen LogP) is 4.02. The summed E-state index contributed by atoms with van der Waals surface area (Å²) < 4.78 is 28.1. The molecule has 0 radical (unpaired) electrons. The van der Waals surface area contributed by atoms with Crippen LogP contribution in [0.4, 0.5) is 0 Å². The average molecular weight is 362 g/mol. The van der Waals surface area contributed by atoms with Crippen molar-refractivity contribution in [2.24, 2.45) is 0 Å². The number of hydrogen-bond donors (Lipinski definition) is 0. The second-order valence-corrected chi connectivity index (χ2v) is 9.74. The second kappa shape index (κ2) is 6.62. The molecule has 24 heavy (non-hydrogen) atoms. The number of thiophene rings is 1. The molecule has 1 fully saturated rings. The van der Waals surface area contributed by atoms with Gasteiger partial charge in [-0.25, -0.2) is 8.42 Å². The molecule has 3 nitrogen and oxygen atoms in total. The zero-order valence-corrected chi connectivity index (χ0v) is 15.4. The fourth-order valence-electron chi connectivity index (χ4n) is 3.54. The number of rotatable bonds is 6. The van der Waals surface area contributed by atoms with E-state index in [1.54, 1.807) is 15.6 Å². The molecule has 2 aliphatic rings. The van der Waals surface area contributed by atoms with Crippen molar-refractivity contribution in [1.29, 1.82) is 0 Å². The van der Waals surface area contributed by atoms with Crippen LogP contribution in [0.2, 0.25) is 0 Å². The molecule has 1 saturated carbocycles. The summed E-state index contributed by atoms with van der Waals surface area (Å²) >= 11 is 1.70. The third kappa shape index (κ3) is 3.30. The number of hydrogen-bond acceptors (Lipinski definition) is 3. The summed E-state index contributed by atoms with van der Waals surface area (Å²) in [5, 5.41) is 2.05. The number of aryl methyl sites for hydroxylation is 2. The van der Waals surface area contributed by atoms with E-state index in [9.17, 15) is 8.42 Å².